The van der Waals surface area contributed by atoms with E-state index in [0.29, 0.717) is 0 Å². The molecule has 1 aromatic heterocycles. The van der Waals surface area contributed by atoms with Gasteiger partial charge in [-0.15, -0.1) is 11.3 Å². The number of esters is 1. The van der Waals surface area contributed by atoms with Gasteiger partial charge in [-0.25, -0.2) is 9.78 Å². The zero-order valence-electron chi connectivity index (χ0n) is 10.6. The monoisotopic (exact) mass is 288 g/mol. The summed E-state index contributed by atoms with van der Waals surface area (Å²) in [4.78, 5) is 25.7. The number of aliphatic hydroxyl groups excluding tert-OH is 2. The van der Waals surface area contributed by atoms with Crippen LogP contribution in [0.15, 0.2) is 5.38 Å². The third-order valence-electron chi connectivity index (χ3n) is 2.35. The predicted molar refractivity (Wildman–Crippen MR) is 67.7 cm³/mol. The van der Waals surface area contributed by atoms with Gasteiger partial charge in [-0.05, 0) is 6.42 Å². The number of rotatable bonds is 6. The van der Waals surface area contributed by atoms with E-state index < -0.39 is 18.2 Å². The van der Waals surface area contributed by atoms with Gasteiger partial charge in [0.2, 0.25) is 5.91 Å². The van der Waals surface area contributed by atoms with Crippen molar-refractivity contribution in [2.24, 2.45) is 0 Å². The molecule has 1 heterocycles. The highest BCUT2D eigenvalue weighted by Crippen LogP contribution is 2.22. The van der Waals surface area contributed by atoms with Crippen LogP contribution in [0.1, 0.15) is 34.9 Å². The third-order valence-corrected chi connectivity index (χ3v) is 3.26. The second-order valence-electron chi connectivity index (χ2n) is 3.85. The van der Waals surface area contributed by atoms with E-state index in [0.717, 1.165) is 11.3 Å². The fourth-order valence-corrected chi connectivity index (χ4v) is 2.17. The summed E-state index contributed by atoms with van der Waals surface area (Å²) in [6.45, 7) is 1.62. The highest BCUT2D eigenvalue weighted by molar-refractivity contribution is 7.09. The van der Waals surface area contributed by atoms with Crippen molar-refractivity contribution >= 4 is 23.2 Å². The number of hydrogen-bond acceptors (Lipinski definition) is 7. The zero-order valence-corrected chi connectivity index (χ0v) is 11.4. The van der Waals surface area contributed by atoms with Crippen molar-refractivity contribution in [1.29, 1.82) is 0 Å². The molecule has 2 atom stereocenters. The van der Waals surface area contributed by atoms with Crippen LogP contribution in [0.2, 0.25) is 0 Å². The maximum Gasteiger partial charge on any atom is 0.357 e. The molecule has 0 radical (unpaired) electrons. The summed E-state index contributed by atoms with van der Waals surface area (Å²) in [6.07, 6.45) is -2.07. The average molecular weight is 288 g/mol. The summed E-state index contributed by atoms with van der Waals surface area (Å²) in [5.74, 6) is -0.800. The molecule has 0 aliphatic heterocycles. The Kier molecular flexibility index (Phi) is 5.87. The highest BCUT2D eigenvalue weighted by Gasteiger charge is 2.23. The van der Waals surface area contributed by atoms with E-state index in [2.05, 4.69) is 15.0 Å². The molecule has 0 saturated heterocycles. The lowest BCUT2D eigenvalue weighted by Crippen LogP contribution is -2.27. The van der Waals surface area contributed by atoms with Gasteiger partial charge in [0.05, 0.1) is 13.2 Å². The Labute approximate surface area is 114 Å². The number of methoxy groups -OCH3 is 1. The Hall–Kier alpha value is -1.51. The van der Waals surface area contributed by atoms with Gasteiger partial charge in [0, 0.05) is 18.8 Å². The molecule has 8 heteroatoms. The molecule has 0 aliphatic carbocycles. The minimum Gasteiger partial charge on any atom is -0.464 e. The number of thiazole rings is 1. The topological polar surface area (TPSA) is 109 Å². The van der Waals surface area contributed by atoms with E-state index in [1.807, 2.05) is 0 Å². The smallest absolute Gasteiger partial charge is 0.357 e. The molecule has 0 saturated carbocycles. The number of nitrogens with zero attached hydrogens (tertiary/aromatic N) is 1. The van der Waals surface area contributed by atoms with Crippen LogP contribution in [0.25, 0.3) is 0 Å². The van der Waals surface area contributed by atoms with Gasteiger partial charge in [-0.3, -0.25) is 4.79 Å². The van der Waals surface area contributed by atoms with Crippen LogP contribution >= 0.6 is 11.3 Å². The molecular weight excluding hydrogens is 272 g/mol. The molecule has 1 aromatic rings. The van der Waals surface area contributed by atoms with E-state index in [-0.39, 0.29) is 29.6 Å². The van der Waals surface area contributed by atoms with Crippen LogP contribution < -0.4 is 5.32 Å². The molecular formula is C11H16N2O5S. The number of nitrogens with one attached hydrogen (secondary N) is 1. The summed E-state index contributed by atoms with van der Waals surface area (Å²) in [7, 11) is 1.24. The maximum atomic E-state index is 11.2. The van der Waals surface area contributed by atoms with Crippen LogP contribution in [0.5, 0.6) is 0 Å². The fourth-order valence-electron chi connectivity index (χ4n) is 1.34. The molecule has 106 valence electrons. The highest BCUT2D eigenvalue weighted by atomic mass is 32.1. The number of amides is 1. The molecule has 7 nitrogen and oxygen atoms in total. The molecule has 0 aromatic carbocycles. The third kappa shape index (κ3) is 4.58. The number of aliphatic hydroxyl groups is 2. The molecule has 3 N–H and O–H groups in total. The molecule has 1 rings (SSSR count). The van der Waals surface area contributed by atoms with Gasteiger partial charge in [0.25, 0.3) is 0 Å². The Bertz CT molecular complexity index is 448. The molecule has 1 amide bonds. The summed E-state index contributed by atoms with van der Waals surface area (Å²) in [5.41, 5.74) is 0.0932. The largest absolute Gasteiger partial charge is 0.464 e. The van der Waals surface area contributed by atoms with Gasteiger partial charge in [0.1, 0.15) is 11.1 Å². The normalized spacial score (nSPS) is 13.7. The molecule has 19 heavy (non-hydrogen) atoms. The van der Waals surface area contributed by atoms with Crippen molar-refractivity contribution in [2.45, 2.75) is 25.6 Å². The fraction of sp³-hybridized carbons (Fsp3) is 0.545. The number of carbonyl (C=O) groups excluding carboxylic acids is 2. The van der Waals surface area contributed by atoms with Crippen molar-refractivity contribution in [2.75, 3.05) is 13.7 Å². The second kappa shape index (κ2) is 7.17. The van der Waals surface area contributed by atoms with Crippen molar-refractivity contribution in [3.63, 3.8) is 0 Å². The average Bonchev–Trinajstić information content (AvgIpc) is 2.85. The molecule has 0 bridgehead atoms. The standard InChI is InChI=1S/C11H16N2O5S/c1-6(14)12-4-3-8(15)9(16)10-13-7(5-19-10)11(17)18-2/h5,8-9,15-16H,3-4H2,1-2H3,(H,12,14). The maximum absolute atomic E-state index is 11.2. The van der Waals surface area contributed by atoms with Crippen molar-refractivity contribution in [3.8, 4) is 0 Å². The minimum absolute atomic E-state index is 0.0932. The van der Waals surface area contributed by atoms with E-state index in [9.17, 15) is 19.8 Å². The first kappa shape index (κ1) is 15.5. The van der Waals surface area contributed by atoms with Crippen LogP contribution in [0.3, 0.4) is 0 Å². The molecule has 0 fully saturated rings. The van der Waals surface area contributed by atoms with Crippen LogP contribution in [0, 0.1) is 0 Å². The van der Waals surface area contributed by atoms with Crippen molar-refractivity contribution in [3.05, 3.63) is 16.1 Å². The number of ether oxygens (including phenoxy) is 1. The number of aromatic nitrogens is 1. The first-order valence-corrected chi connectivity index (χ1v) is 6.48. The first-order valence-electron chi connectivity index (χ1n) is 5.60. The lowest BCUT2D eigenvalue weighted by atomic mass is 10.1. The summed E-state index contributed by atoms with van der Waals surface area (Å²) in [5, 5.41) is 23.8. The summed E-state index contributed by atoms with van der Waals surface area (Å²) < 4.78 is 4.49. The molecule has 2 unspecified atom stereocenters. The van der Waals surface area contributed by atoms with E-state index in [1.165, 1.54) is 19.4 Å². The first-order chi connectivity index (χ1) is 8.95. The summed E-state index contributed by atoms with van der Waals surface area (Å²) >= 11 is 1.06. The van der Waals surface area contributed by atoms with Gasteiger partial charge in [-0.2, -0.15) is 0 Å². The zero-order chi connectivity index (χ0) is 14.4. The SMILES string of the molecule is COC(=O)c1csc(C(O)C(O)CCNC(C)=O)n1. The predicted octanol–water partition coefficient (Wildman–Crippen LogP) is -0.150. The van der Waals surface area contributed by atoms with E-state index in [1.54, 1.807) is 0 Å². The van der Waals surface area contributed by atoms with Crippen LogP contribution in [-0.2, 0) is 9.53 Å². The Morgan fingerprint density at radius 3 is 2.79 bits per heavy atom. The van der Waals surface area contributed by atoms with Crippen molar-refractivity contribution < 1.29 is 24.5 Å². The van der Waals surface area contributed by atoms with Gasteiger partial charge < -0.3 is 20.3 Å². The Balaban J connectivity index is 2.56. The van der Waals surface area contributed by atoms with Crippen LogP contribution in [-0.4, -0.2) is 46.8 Å². The van der Waals surface area contributed by atoms with Gasteiger partial charge in [-0.1, -0.05) is 0 Å². The van der Waals surface area contributed by atoms with E-state index >= 15 is 0 Å². The van der Waals surface area contributed by atoms with Crippen molar-refractivity contribution in [1.82, 2.24) is 10.3 Å². The van der Waals surface area contributed by atoms with Gasteiger partial charge in [0.15, 0.2) is 5.69 Å². The second-order valence-corrected chi connectivity index (χ2v) is 4.74. The Morgan fingerprint density at radius 1 is 1.53 bits per heavy atom. The van der Waals surface area contributed by atoms with Gasteiger partial charge >= 0.3 is 5.97 Å². The number of hydrogen-bond donors (Lipinski definition) is 3. The van der Waals surface area contributed by atoms with Crippen LogP contribution in [0.4, 0.5) is 0 Å². The minimum atomic E-state index is -1.20. The summed E-state index contributed by atoms with van der Waals surface area (Å²) in [6, 6.07) is 0. The van der Waals surface area contributed by atoms with E-state index in [4.69, 9.17) is 0 Å². The molecule has 0 aliphatic rings. The quantitative estimate of drug-likeness (QED) is 0.628. The number of carbonyl (C=O) groups is 2. The lowest BCUT2D eigenvalue weighted by Gasteiger charge is -2.15. The lowest BCUT2D eigenvalue weighted by molar-refractivity contribution is -0.119. The molecule has 0 spiro atoms. The Morgan fingerprint density at radius 2 is 2.21 bits per heavy atom.